The molecule has 1 aromatic heterocycles. The number of hydrogen-bond donors (Lipinski definition) is 2. The fourth-order valence-electron chi connectivity index (χ4n) is 3.72. The van der Waals surface area contributed by atoms with E-state index in [0.29, 0.717) is 18.1 Å². The first-order valence-corrected chi connectivity index (χ1v) is 13.7. The van der Waals surface area contributed by atoms with Gasteiger partial charge in [0.25, 0.3) is 5.89 Å². The lowest BCUT2D eigenvalue weighted by Crippen LogP contribution is -2.35. The molecular weight excluding hydrogens is 510 g/mol. The Morgan fingerprint density at radius 3 is 2.13 bits per heavy atom. The first kappa shape index (κ1) is 29.8. The molecule has 0 aliphatic heterocycles. The average molecular weight is 546 g/mol. The molecule has 7 nitrogen and oxygen atoms in total. The van der Waals surface area contributed by atoms with Gasteiger partial charge >= 0.3 is 5.97 Å². The third-order valence-electron chi connectivity index (χ3n) is 6.05. The van der Waals surface area contributed by atoms with Crippen molar-refractivity contribution in [2.75, 3.05) is 12.8 Å². The van der Waals surface area contributed by atoms with E-state index in [2.05, 4.69) is 43.2 Å². The van der Waals surface area contributed by atoms with Crippen LogP contribution in [0.5, 0.6) is 0 Å². The van der Waals surface area contributed by atoms with Gasteiger partial charge in [0.05, 0.1) is 0 Å². The number of likely N-dealkylation sites (N-methyl/N-ethyl adjacent to an activating group) is 1. The second kappa shape index (κ2) is 13.9. The molecule has 3 aromatic carbocycles. The Balaban J connectivity index is 0.000000293. The minimum absolute atomic E-state index is 0.168. The number of aldehydes is 1. The fourth-order valence-corrected chi connectivity index (χ4v) is 4.38. The first-order valence-electron chi connectivity index (χ1n) is 12.8. The van der Waals surface area contributed by atoms with Crippen LogP contribution in [0, 0.1) is 0 Å². The highest BCUT2D eigenvalue weighted by molar-refractivity contribution is 7.99. The van der Waals surface area contributed by atoms with E-state index in [1.54, 1.807) is 18.8 Å². The Bertz CT molecular complexity index is 1340. The predicted octanol–water partition coefficient (Wildman–Crippen LogP) is 6.53. The van der Waals surface area contributed by atoms with Crippen LogP contribution in [-0.4, -0.2) is 46.3 Å². The number of carbonyl (C=O) groups is 2. The summed E-state index contributed by atoms with van der Waals surface area (Å²) < 4.78 is 5.39. The summed E-state index contributed by atoms with van der Waals surface area (Å²) in [6.07, 6.45) is 1.28. The van der Waals surface area contributed by atoms with E-state index in [-0.39, 0.29) is 5.41 Å². The van der Waals surface area contributed by atoms with Crippen LogP contribution in [0.4, 0.5) is 0 Å². The van der Waals surface area contributed by atoms with E-state index in [1.165, 1.54) is 10.5 Å². The smallest absolute Gasteiger partial charge is 0.321 e. The number of thioether (sulfide) groups is 1. The molecule has 4 aromatic rings. The van der Waals surface area contributed by atoms with Gasteiger partial charge < -0.3 is 14.9 Å². The Kier molecular flexibility index (Phi) is 10.6. The molecular formula is C31H35N3O4S. The number of aromatic nitrogens is 2. The largest absolute Gasteiger partial charge is 0.480 e. The van der Waals surface area contributed by atoms with Gasteiger partial charge in [-0.15, -0.1) is 11.8 Å². The molecule has 1 heterocycles. The van der Waals surface area contributed by atoms with Crippen LogP contribution in [0.15, 0.2) is 82.2 Å². The predicted molar refractivity (Wildman–Crippen MR) is 156 cm³/mol. The Labute approximate surface area is 234 Å². The van der Waals surface area contributed by atoms with Crippen molar-refractivity contribution in [3.8, 4) is 22.8 Å². The van der Waals surface area contributed by atoms with E-state index in [9.17, 15) is 9.59 Å². The van der Waals surface area contributed by atoms with Crippen LogP contribution < -0.4 is 5.32 Å². The van der Waals surface area contributed by atoms with Gasteiger partial charge in [0.15, 0.2) is 0 Å². The van der Waals surface area contributed by atoms with E-state index < -0.39 is 12.0 Å². The highest BCUT2D eigenvalue weighted by Crippen LogP contribution is 2.26. The van der Waals surface area contributed by atoms with E-state index >= 15 is 0 Å². The van der Waals surface area contributed by atoms with Crippen molar-refractivity contribution < 1.29 is 19.2 Å². The van der Waals surface area contributed by atoms with Crippen LogP contribution >= 0.6 is 11.8 Å². The number of hydrogen-bond acceptors (Lipinski definition) is 7. The third kappa shape index (κ3) is 8.63. The summed E-state index contributed by atoms with van der Waals surface area (Å²) >= 11 is 1.78. The minimum Gasteiger partial charge on any atom is -0.480 e. The van der Waals surface area contributed by atoms with Crippen molar-refractivity contribution in [1.29, 1.82) is 0 Å². The number of carboxylic acids is 1. The van der Waals surface area contributed by atoms with Gasteiger partial charge in [-0.05, 0) is 60.0 Å². The third-order valence-corrected chi connectivity index (χ3v) is 6.94. The van der Waals surface area contributed by atoms with E-state index in [4.69, 9.17) is 9.63 Å². The Morgan fingerprint density at radius 1 is 1.00 bits per heavy atom. The van der Waals surface area contributed by atoms with E-state index in [0.717, 1.165) is 34.3 Å². The molecule has 0 spiro atoms. The molecule has 4 rings (SSSR count). The standard InChI is InChI=1S/C20H21N3O3S.C11H14O/c1-3-27-16-10-8-15(9-11-16)19-22-18(23-26-19)14-6-4-13(5-7-14)12-17(21-2)20(24)25;1-11(2,3)10-6-4-9(8-12)5-7-10/h4-11,17,21H,3,12H2,1-2H3,(H,24,25);4-8H,1-3H3. The SMILES string of the molecule is CC(C)(C)c1ccc(C=O)cc1.CCSc1ccc(-c2nc(-c3ccc(CC(NC)C(=O)O)cc3)no2)cc1. The number of rotatable bonds is 9. The molecule has 0 saturated carbocycles. The monoisotopic (exact) mass is 545 g/mol. The van der Waals surface area contributed by atoms with Crippen LogP contribution in [0.25, 0.3) is 22.8 Å². The molecule has 39 heavy (non-hydrogen) atoms. The first-order chi connectivity index (χ1) is 18.6. The number of nitrogens with one attached hydrogen (secondary N) is 1. The number of carboxylic acid groups (broad SMARTS) is 1. The Morgan fingerprint density at radius 2 is 1.62 bits per heavy atom. The zero-order valence-electron chi connectivity index (χ0n) is 23.0. The molecule has 1 unspecified atom stereocenters. The van der Waals surface area contributed by atoms with Crippen LogP contribution in [0.3, 0.4) is 0 Å². The molecule has 0 aliphatic carbocycles. The van der Waals surface area contributed by atoms with Gasteiger partial charge in [-0.3, -0.25) is 9.59 Å². The van der Waals surface area contributed by atoms with Gasteiger partial charge in [0.2, 0.25) is 5.82 Å². The van der Waals surface area contributed by atoms with Crippen molar-refractivity contribution in [1.82, 2.24) is 15.5 Å². The summed E-state index contributed by atoms with van der Waals surface area (Å²) in [5.74, 6) is 1.14. The molecule has 204 valence electrons. The van der Waals surface area contributed by atoms with Gasteiger partial charge in [-0.1, -0.05) is 81.4 Å². The maximum Gasteiger partial charge on any atom is 0.321 e. The van der Waals surface area contributed by atoms with Crippen LogP contribution in [0.2, 0.25) is 0 Å². The summed E-state index contributed by atoms with van der Waals surface area (Å²) in [6.45, 7) is 8.59. The molecule has 0 radical (unpaired) electrons. The fraction of sp³-hybridized carbons (Fsp3) is 0.290. The second-order valence-electron chi connectivity index (χ2n) is 9.95. The molecule has 0 fully saturated rings. The average Bonchev–Trinajstić information content (AvgIpc) is 3.43. The second-order valence-corrected chi connectivity index (χ2v) is 11.3. The molecule has 2 N–H and O–H groups in total. The number of benzene rings is 3. The lowest BCUT2D eigenvalue weighted by atomic mass is 9.87. The summed E-state index contributed by atoms with van der Waals surface area (Å²) in [5.41, 5.74) is 4.79. The number of aliphatic carboxylic acids is 1. The molecule has 0 saturated heterocycles. The minimum atomic E-state index is -0.868. The zero-order valence-corrected chi connectivity index (χ0v) is 23.8. The van der Waals surface area contributed by atoms with Gasteiger partial charge in [-0.25, -0.2) is 0 Å². The molecule has 8 heteroatoms. The number of carbonyl (C=O) groups excluding carboxylic acids is 1. The highest BCUT2D eigenvalue weighted by Gasteiger charge is 2.16. The van der Waals surface area contributed by atoms with Crippen molar-refractivity contribution in [3.05, 3.63) is 89.5 Å². The Hall–Kier alpha value is -3.75. The lowest BCUT2D eigenvalue weighted by Gasteiger charge is -2.18. The topological polar surface area (TPSA) is 105 Å². The van der Waals surface area contributed by atoms with Gasteiger partial charge in [0, 0.05) is 21.6 Å². The maximum absolute atomic E-state index is 11.1. The summed E-state index contributed by atoms with van der Waals surface area (Å²) in [4.78, 5) is 27.2. The van der Waals surface area contributed by atoms with Crippen LogP contribution in [-0.2, 0) is 16.6 Å². The van der Waals surface area contributed by atoms with Crippen molar-refractivity contribution >= 4 is 24.0 Å². The molecule has 0 bridgehead atoms. The number of nitrogens with zero attached hydrogens (tertiary/aromatic N) is 2. The van der Waals surface area contributed by atoms with Crippen molar-refractivity contribution in [2.45, 2.75) is 50.5 Å². The molecule has 0 amide bonds. The normalized spacial score (nSPS) is 11.8. The molecule has 1 atom stereocenters. The van der Waals surface area contributed by atoms with Crippen molar-refractivity contribution in [3.63, 3.8) is 0 Å². The quantitative estimate of drug-likeness (QED) is 0.181. The summed E-state index contributed by atoms with van der Waals surface area (Å²) in [7, 11) is 1.64. The molecule has 0 aliphatic rings. The van der Waals surface area contributed by atoms with Gasteiger partial charge in [-0.2, -0.15) is 4.98 Å². The van der Waals surface area contributed by atoms with Gasteiger partial charge in [0.1, 0.15) is 12.3 Å². The van der Waals surface area contributed by atoms with Crippen molar-refractivity contribution in [2.24, 2.45) is 0 Å². The highest BCUT2D eigenvalue weighted by atomic mass is 32.2. The maximum atomic E-state index is 11.1. The summed E-state index contributed by atoms with van der Waals surface area (Å²) in [6, 6.07) is 22.7. The van der Waals surface area contributed by atoms with Crippen LogP contribution in [0.1, 0.15) is 49.2 Å². The summed E-state index contributed by atoms with van der Waals surface area (Å²) in [5, 5.41) is 16.0. The lowest BCUT2D eigenvalue weighted by molar-refractivity contribution is -0.139. The van der Waals surface area contributed by atoms with E-state index in [1.807, 2.05) is 72.8 Å². The zero-order chi connectivity index (χ0) is 28.4.